The highest BCUT2D eigenvalue weighted by atomic mass is 35.5. The lowest BCUT2D eigenvalue weighted by molar-refractivity contribution is 0.190. The Labute approximate surface area is 105 Å². The molecule has 4 nitrogen and oxygen atoms in total. The van der Waals surface area contributed by atoms with E-state index < -0.39 is 0 Å². The fraction of sp³-hybridized carbons (Fsp3) is 0.333. The summed E-state index contributed by atoms with van der Waals surface area (Å²) in [6.07, 6.45) is 0. The van der Waals surface area contributed by atoms with Crippen molar-refractivity contribution in [2.24, 2.45) is 0 Å². The highest BCUT2D eigenvalue weighted by molar-refractivity contribution is 6.28. The molecule has 0 aliphatic rings. The zero-order chi connectivity index (χ0) is 12.3. The molecule has 0 aliphatic heterocycles. The van der Waals surface area contributed by atoms with E-state index in [0.29, 0.717) is 6.61 Å². The summed E-state index contributed by atoms with van der Waals surface area (Å²) in [6, 6.07) is 7.91. The lowest BCUT2D eigenvalue weighted by atomic mass is 10.2. The fourth-order valence-electron chi connectivity index (χ4n) is 1.68. The van der Waals surface area contributed by atoms with Gasteiger partial charge in [-0.2, -0.15) is 0 Å². The summed E-state index contributed by atoms with van der Waals surface area (Å²) >= 11 is 5.89. The predicted octanol–water partition coefficient (Wildman–Crippen LogP) is 2.73. The molecule has 2 aromatic rings. The summed E-state index contributed by atoms with van der Waals surface area (Å²) in [7, 11) is 1.67. The van der Waals surface area contributed by atoms with Crippen LogP contribution in [-0.2, 0) is 4.74 Å². The number of halogens is 1. The van der Waals surface area contributed by atoms with Crippen LogP contribution in [0.1, 0.15) is 6.92 Å². The summed E-state index contributed by atoms with van der Waals surface area (Å²) < 4.78 is 5.08. The van der Waals surface area contributed by atoms with E-state index in [0.717, 1.165) is 16.7 Å². The van der Waals surface area contributed by atoms with Gasteiger partial charge in [0, 0.05) is 18.5 Å². The quantitative estimate of drug-likeness (QED) is 0.849. The SMILES string of the molecule is COCC(C)Nc1nc(Cl)nc2ccccc12. The first-order chi connectivity index (χ1) is 8.20. The number of hydrogen-bond acceptors (Lipinski definition) is 4. The molecule has 5 heteroatoms. The summed E-state index contributed by atoms with van der Waals surface area (Å²) in [5.74, 6) is 0.741. The Kier molecular flexibility index (Phi) is 3.76. The van der Waals surface area contributed by atoms with Crippen molar-refractivity contribution in [3.63, 3.8) is 0 Å². The van der Waals surface area contributed by atoms with E-state index in [-0.39, 0.29) is 11.3 Å². The van der Waals surface area contributed by atoms with Crippen molar-refractivity contribution >= 4 is 28.3 Å². The summed E-state index contributed by atoms with van der Waals surface area (Å²) in [5.41, 5.74) is 0.833. The third-order valence-electron chi connectivity index (χ3n) is 2.38. The first-order valence-corrected chi connectivity index (χ1v) is 5.76. The number of fused-ring (bicyclic) bond motifs is 1. The number of anilines is 1. The zero-order valence-electron chi connectivity index (χ0n) is 9.77. The van der Waals surface area contributed by atoms with Gasteiger partial charge < -0.3 is 10.1 Å². The van der Waals surface area contributed by atoms with Crippen LogP contribution in [0.25, 0.3) is 10.9 Å². The molecule has 0 saturated carbocycles. The second-order valence-electron chi connectivity index (χ2n) is 3.86. The number of nitrogens with one attached hydrogen (secondary N) is 1. The Morgan fingerprint density at radius 2 is 2.12 bits per heavy atom. The third kappa shape index (κ3) is 2.84. The largest absolute Gasteiger partial charge is 0.383 e. The lowest BCUT2D eigenvalue weighted by Gasteiger charge is -2.14. The molecule has 1 atom stereocenters. The molecule has 1 aromatic carbocycles. The molecule has 0 spiro atoms. The molecule has 1 N–H and O–H groups in total. The van der Waals surface area contributed by atoms with Crippen molar-refractivity contribution in [2.75, 3.05) is 19.0 Å². The van der Waals surface area contributed by atoms with Crippen LogP contribution in [0, 0.1) is 0 Å². The van der Waals surface area contributed by atoms with Gasteiger partial charge in [0.15, 0.2) is 0 Å². The van der Waals surface area contributed by atoms with Crippen LogP contribution >= 0.6 is 11.6 Å². The van der Waals surface area contributed by atoms with Gasteiger partial charge in [0.25, 0.3) is 0 Å². The average Bonchev–Trinajstić information content (AvgIpc) is 2.29. The number of methoxy groups -OCH3 is 1. The molecular formula is C12H14ClN3O. The molecule has 0 bridgehead atoms. The first-order valence-electron chi connectivity index (χ1n) is 5.38. The van der Waals surface area contributed by atoms with Gasteiger partial charge in [0.05, 0.1) is 12.1 Å². The molecule has 0 fully saturated rings. The van der Waals surface area contributed by atoms with E-state index in [1.54, 1.807) is 7.11 Å². The van der Waals surface area contributed by atoms with Gasteiger partial charge in [-0.3, -0.25) is 0 Å². The molecule has 1 unspecified atom stereocenters. The van der Waals surface area contributed by atoms with Gasteiger partial charge >= 0.3 is 0 Å². The van der Waals surface area contributed by atoms with E-state index in [1.807, 2.05) is 31.2 Å². The monoisotopic (exact) mass is 251 g/mol. The van der Waals surface area contributed by atoms with Crippen LogP contribution in [0.5, 0.6) is 0 Å². The topological polar surface area (TPSA) is 47.0 Å². The summed E-state index contributed by atoms with van der Waals surface area (Å²) in [4.78, 5) is 8.38. The van der Waals surface area contributed by atoms with Gasteiger partial charge in [0.2, 0.25) is 5.28 Å². The molecule has 0 saturated heterocycles. The fourth-order valence-corrected chi connectivity index (χ4v) is 1.86. The second-order valence-corrected chi connectivity index (χ2v) is 4.20. The number of benzene rings is 1. The van der Waals surface area contributed by atoms with Crippen LogP contribution in [0.3, 0.4) is 0 Å². The molecule has 0 aliphatic carbocycles. The molecule has 0 radical (unpaired) electrons. The van der Waals surface area contributed by atoms with Crippen molar-refractivity contribution < 1.29 is 4.74 Å². The maximum atomic E-state index is 5.89. The molecule has 0 amide bonds. The molecule has 1 aromatic heterocycles. The average molecular weight is 252 g/mol. The van der Waals surface area contributed by atoms with Crippen LogP contribution in [0.4, 0.5) is 5.82 Å². The third-order valence-corrected chi connectivity index (χ3v) is 2.54. The van der Waals surface area contributed by atoms with Crippen LogP contribution in [0.2, 0.25) is 5.28 Å². The number of hydrogen-bond donors (Lipinski definition) is 1. The molecule has 17 heavy (non-hydrogen) atoms. The van der Waals surface area contributed by atoms with E-state index >= 15 is 0 Å². The van der Waals surface area contributed by atoms with E-state index in [9.17, 15) is 0 Å². The van der Waals surface area contributed by atoms with Crippen LogP contribution in [-0.4, -0.2) is 29.7 Å². The maximum absolute atomic E-state index is 5.89. The normalized spacial score (nSPS) is 12.6. The Hall–Kier alpha value is -1.39. The Bertz CT molecular complexity index is 518. The van der Waals surface area contributed by atoms with Crippen molar-refractivity contribution in [1.29, 1.82) is 0 Å². The number of ether oxygens (including phenoxy) is 1. The van der Waals surface area contributed by atoms with Crippen molar-refractivity contribution in [3.05, 3.63) is 29.5 Å². The molecule has 1 heterocycles. The van der Waals surface area contributed by atoms with Crippen LogP contribution < -0.4 is 5.32 Å². The zero-order valence-corrected chi connectivity index (χ0v) is 10.5. The standard InChI is InChI=1S/C12H14ClN3O/c1-8(7-17-2)14-11-9-5-3-4-6-10(9)15-12(13)16-11/h3-6,8H,7H2,1-2H3,(H,14,15,16). The first kappa shape index (κ1) is 12.1. The van der Waals surface area contributed by atoms with Gasteiger partial charge in [-0.25, -0.2) is 9.97 Å². The number of rotatable bonds is 4. The molecule has 2 rings (SSSR count). The Morgan fingerprint density at radius 3 is 2.88 bits per heavy atom. The van der Waals surface area contributed by atoms with Crippen LogP contribution in [0.15, 0.2) is 24.3 Å². The van der Waals surface area contributed by atoms with Gasteiger partial charge in [-0.15, -0.1) is 0 Å². The molecule has 90 valence electrons. The summed E-state index contributed by atoms with van der Waals surface area (Å²) in [5, 5.41) is 4.47. The number of aromatic nitrogens is 2. The minimum Gasteiger partial charge on any atom is -0.383 e. The van der Waals surface area contributed by atoms with Crippen molar-refractivity contribution in [3.8, 4) is 0 Å². The van der Waals surface area contributed by atoms with Crippen molar-refractivity contribution in [1.82, 2.24) is 9.97 Å². The minimum atomic E-state index is 0.161. The number of nitrogens with zero attached hydrogens (tertiary/aromatic N) is 2. The van der Waals surface area contributed by atoms with E-state index in [1.165, 1.54) is 0 Å². The Morgan fingerprint density at radius 1 is 1.35 bits per heavy atom. The predicted molar refractivity (Wildman–Crippen MR) is 69.5 cm³/mol. The highest BCUT2D eigenvalue weighted by Gasteiger charge is 2.08. The molecular weight excluding hydrogens is 238 g/mol. The Balaban J connectivity index is 2.38. The van der Waals surface area contributed by atoms with E-state index in [4.69, 9.17) is 16.3 Å². The van der Waals surface area contributed by atoms with Crippen molar-refractivity contribution in [2.45, 2.75) is 13.0 Å². The smallest absolute Gasteiger partial charge is 0.224 e. The minimum absolute atomic E-state index is 0.161. The van der Waals surface area contributed by atoms with E-state index in [2.05, 4.69) is 15.3 Å². The lowest BCUT2D eigenvalue weighted by Crippen LogP contribution is -2.21. The van der Waals surface area contributed by atoms with Gasteiger partial charge in [-0.1, -0.05) is 12.1 Å². The maximum Gasteiger partial charge on any atom is 0.224 e. The number of para-hydroxylation sites is 1. The van der Waals surface area contributed by atoms with Gasteiger partial charge in [-0.05, 0) is 30.7 Å². The highest BCUT2D eigenvalue weighted by Crippen LogP contribution is 2.22. The second kappa shape index (κ2) is 5.29. The van der Waals surface area contributed by atoms with Gasteiger partial charge in [0.1, 0.15) is 5.82 Å². The summed E-state index contributed by atoms with van der Waals surface area (Å²) in [6.45, 7) is 2.63.